The highest BCUT2D eigenvalue weighted by Crippen LogP contribution is 2.61. The van der Waals surface area contributed by atoms with Gasteiger partial charge in [-0.1, -0.05) is 30.3 Å². The summed E-state index contributed by atoms with van der Waals surface area (Å²) in [5.41, 5.74) is 0.763. The first kappa shape index (κ1) is 14.6. The highest BCUT2D eigenvalue weighted by molar-refractivity contribution is 5.67. The number of hydrogen-bond acceptors (Lipinski definition) is 3. The summed E-state index contributed by atoms with van der Waals surface area (Å²) in [6.07, 6.45) is 3.65. The average Bonchev–Trinajstić information content (AvgIpc) is 3.01. The van der Waals surface area contributed by atoms with Gasteiger partial charge in [-0.3, -0.25) is 4.79 Å². The lowest BCUT2D eigenvalue weighted by atomic mass is 9.71. The van der Waals surface area contributed by atoms with Gasteiger partial charge in [-0.25, -0.2) is 0 Å². The monoisotopic (exact) mass is 287 g/mol. The van der Waals surface area contributed by atoms with Crippen LogP contribution in [0.2, 0.25) is 0 Å². The lowest BCUT2D eigenvalue weighted by molar-refractivity contribution is -0.174. The molecular weight excluding hydrogens is 262 g/mol. The summed E-state index contributed by atoms with van der Waals surface area (Å²) in [6.45, 7) is 2.52. The van der Waals surface area contributed by atoms with Crippen molar-refractivity contribution in [3.63, 3.8) is 0 Å². The Morgan fingerprint density at radius 2 is 2.00 bits per heavy atom. The van der Waals surface area contributed by atoms with Crippen molar-refractivity contribution in [3.8, 4) is 0 Å². The van der Waals surface area contributed by atoms with E-state index >= 15 is 0 Å². The van der Waals surface area contributed by atoms with Crippen LogP contribution in [0.1, 0.15) is 31.7 Å². The van der Waals surface area contributed by atoms with Gasteiger partial charge in [0.1, 0.15) is 5.60 Å². The Hall–Kier alpha value is -1.35. The van der Waals surface area contributed by atoms with Gasteiger partial charge in [0.15, 0.2) is 0 Å². The van der Waals surface area contributed by atoms with Gasteiger partial charge < -0.3 is 9.64 Å². The van der Waals surface area contributed by atoms with Crippen LogP contribution in [0.15, 0.2) is 30.3 Å². The minimum absolute atomic E-state index is 0.157. The third kappa shape index (κ3) is 2.38. The van der Waals surface area contributed by atoms with Gasteiger partial charge in [-0.15, -0.1) is 0 Å². The maximum atomic E-state index is 11.9. The molecule has 0 spiro atoms. The quantitative estimate of drug-likeness (QED) is 0.797. The standard InChI is InChI=1S/C18H25NO2/c1-13(20)21-18(15-7-5-4-6-8-15)16-10-9-14(11-16)17(18)12-19(2)3/h4-8,14,16-17H,9-12H2,1-3H3. The Labute approximate surface area is 127 Å². The van der Waals surface area contributed by atoms with Gasteiger partial charge in [0, 0.05) is 25.3 Å². The van der Waals surface area contributed by atoms with E-state index in [1.807, 2.05) is 6.07 Å². The Kier molecular flexibility index (Phi) is 3.78. The second-order valence-electron chi connectivity index (χ2n) is 6.89. The fraction of sp³-hybridized carbons (Fsp3) is 0.611. The summed E-state index contributed by atoms with van der Waals surface area (Å²) in [4.78, 5) is 14.1. The molecule has 114 valence electrons. The maximum Gasteiger partial charge on any atom is 0.303 e. The summed E-state index contributed by atoms with van der Waals surface area (Å²) in [5.74, 6) is 1.39. The number of fused-ring (bicyclic) bond motifs is 2. The second kappa shape index (κ2) is 5.45. The summed E-state index contributed by atoms with van der Waals surface area (Å²) in [5, 5.41) is 0. The van der Waals surface area contributed by atoms with Crippen LogP contribution in [-0.4, -0.2) is 31.5 Å². The van der Waals surface area contributed by atoms with Crippen LogP contribution in [0.25, 0.3) is 0 Å². The van der Waals surface area contributed by atoms with Crippen molar-refractivity contribution >= 4 is 5.97 Å². The molecule has 0 amide bonds. The molecule has 0 radical (unpaired) electrons. The van der Waals surface area contributed by atoms with Gasteiger partial charge in [0.25, 0.3) is 0 Å². The summed E-state index contributed by atoms with van der Waals surface area (Å²) in [6, 6.07) is 10.4. The fourth-order valence-corrected chi connectivity index (χ4v) is 4.71. The Bertz CT molecular complexity index is 513. The van der Waals surface area contributed by atoms with Crippen molar-refractivity contribution in [2.75, 3.05) is 20.6 Å². The van der Waals surface area contributed by atoms with Crippen molar-refractivity contribution in [1.82, 2.24) is 4.90 Å². The smallest absolute Gasteiger partial charge is 0.303 e. The molecule has 0 aliphatic heterocycles. The van der Waals surface area contributed by atoms with E-state index in [4.69, 9.17) is 4.74 Å². The largest absolute Gasteiger partial charge is 0.454 e. The van der Waals surface area contributed by atoms with Crippen molar-refractivity contribution in [2.24, 2.45) is 17.8 Å². The van der Waals surface area contributed by atoms with Crippen molar-refractivity contribution in [3.05, 3.63) is 35.9 Å². The minimum atomic E-state index is -0.416. The first-order valence-corrected chi connectivity index (χ1v) is 7.94. The number of carbonyl (C=O) groups is 1. The van der Waals surface area contributed by atoms with E-state index in [0.29, 0.717) is 17.8 Å². The van der Waals surface area contributed by atoms with Crippen LogP contribution in [0, 0.1) is 17.8 Å². The molecule has 0 saturated heterocycles. The first-order valence-electron chi connectivity index (χ1n) is 7.94. The van der Waals surface area contributed by atoms with Gasteiger partial charge in [0.05, 0.1) is 0 Å². The van der Waals surface area contributed by atoms with Crippen molar-refractivity contribution in [1.29, 1.82) is 0 Å². The van der Waals surface area contributed by atoms with E-state index in [1.54, 1.807) is 6.92 Å². The zero-order chi connectivity index (χ0) is 15.0. The van der Waals surface area contributed by atoms with Gasteiger partial charge >= 0.3 is 5.97 Å². The number of hydrogen-bond donors (Lipinski definition) is 0. The zero-order valence-electron chi connectivity index (χ0n) is 13.2. The summed E-state index contributed by atoms with van der Waals surface area (Å²) in [7, 11) is 4.21. The molecule has 3 nitrogen and oxygen atoms in total. The van der Waals surface area contributed by atoms with Gasteiger partial charge in [-0.2, -0.15) is 0 Å². The minimum Gasteiger partial charge on any atom is -0.454 e. The maximum absolute atomic E-state index is 11.9. The SMILES string of the molecule is CC(=O)OC1(c2ccccc2)C2CCC(C2)C1CN(C)C. The molecule has 1 aromatic carbocycles. The van der Waals surface area contributed by atoms with Gasteiger partial charge in [0.2, 0.25) is 0 Å². The Morgan fingerprint density at radius 3 is 2.62 bits per heavy atom. The molecule has 1 aromatic rings. The molecule has 2 fully saturated rings. The molecular formula is C18H25NO2. The number of esters is 1. The van der Waals surface area contributed by atoms with Crippen LogP contribution in [0.3, 0.4) is 0 Å². The molecule has 2 aliphatic rings. The highest BCUT2D eigenvalue weighted by atomic mass is 16.6. The molecule has 2 saturated carbocycles. The molecule has 0 heterocycles. The molecule has 2 bridgehead atoms. The van der Waals surface area contributed by atoms with E-state index < -0.39 is 5.60 Å². The Balaban J connectivity index is 2.06. The molecule has 3 rings (SSSR count). The van der Waals surface area contributed by atoms with Crippen LogP contribution in [0.5, 0.6) is 0 Å². The van der Waals surface area contributed by atoms with E-state index in [-0.39, 0.29) is 5.97 Å². The third-order valence-electron chi connectivity index (χ3n) is 5.30. The third-order valence-corrected chi connectivity index (χ3v) is 5.30. The summed E-state index contributed by atoms with van der Waals surface area (Å²) >= 11 is 0. The normalized spacial score (nSPS) is 34.4. The fourth-order valence-electron chi connectivity index (χ4n) is 4.71. The molecule has 0 aromatic heterocycles. The number of ether oxygens (including phenoxy) is 1. The second-order valence-corrected chi connectivity index (χ2v) is 6.89. The van der Waals surface area contributed by atoms with Crippen LogP contribution < -0.4 is 0 Å². The topological polar surface area (TPSA) is 29.5 Å². The number of rotatable bonds is 4. The number of nitrogens with zero attached hydrogens (tertiary/aromatic N) is 1. The van der Waals surface area contributed by atoms with Crippen LogP contribution in [0.4, 0.5) is 0 Å². The van der Waals surface area contributed by atoms with E-state index in [1.165, 1.54) is 24.8 Å². The van der Waals surface area contributed by atoms with Crippen LogP contribution in [-0.2, 0) is 15.1 Å². The van der Waals surface area contributed by atoms with Gasteiger partial charge in [-0.05, 0) is 44.8 Å². The zero-order valence-corrected chi connectivity index (χ0v) is 13.2. The molecule has 4 unspecified atom stereocenters. The number of benzene rings is 1. The number of carbonyl (C=O) groups excluding carboxylic acids is 1. The molecule has 21 heavy (non-hydrogen) atoms. The first-order chi connectivity index (χ1) is 10.0. The lowest BCUT2D eigenvalue weighted by Crippen LogP contribution is -2.48. The van der Waals surface area contributed by atoms with Crippen molar-refractivity contribution < 1.29 is 9.53 Å². The lowest BCUT2D eigenvalue weighted by Gasteiger charge is -2.44. The predicted octanol–water partition coefficient (Wildman–Crippen LogP) is 3.05. The van der Waals surface area contributed by atoms with Crippen LogP contribution >= 0.6 is 0 Å². The predicted molar refractivity (Wildman–Crippen MR) is 82.8 cm³/mol. The van der Waals surface area contributed by atoms with E-state index in [2.05, 4.69) is 43.3 Å². The van der Waals surface area contributed by atoms with E-state index in [0.717, 1.165) is 6.54 Å². The highest BCUT2D eigenvalue weighted by Gasteiger charge is 2.61. The summed E-state index contributed by atoms with van der Waals surface area (Å²) < 4.78 is 6.07. The average molecular weight is 287 g/mol. The van der Waals surface area contributed by atoms with E-state index in [9.17, 15) is 4.79 Å². The molecule has 3 heteroatoms. The Morgan fingerprint density at radius 1 is 1.29 bits per heavy atom. The van der Waals surface area contributed by atoms with Crippen molar-refractivity contribution in [2.45, 2.75) is 31.8 Å². The molecule has 2 aliphatic carbocycles. The molecule has 4 atom stereocenters. The molecule has 0 N–H and O–H groups in total.